The molecule has 0 aliphatic carbocycles. The fourth-order valence-electron chi connectivity index (χ4n) is 2.05. The molecule has 3 N–H and O–H groups in total. The smallest absolute Gasteiger partial charge is 0.272 e. The molecule has 0 radical (unpaired) electrons. The Hall–Kier alpha value is -2.67. The number of aromatic nitrogens is 1. The molecule has 26 heavy (non-hydrogen) atoms. The molecule has 0 unspecified atom stereocenters. The highest BCUT2D eigenvalue weighted by molar-refractivity contribution is 7.89. The third-order valence-corrected chi connectivity index (χ3v) is 4.55. The minimum Gasteiger partial charge on any atom is -0.345 e. The third-order valence-electron chi connectivity index (χ3n) is 3.33. The molecule has 2 rings (SSSR count). The van der Waals surface area contributed by atoms with Crippen LogP contribution in [0.2, 0.25) is 0 Å². The number of hydrogen-bond donors (Lipinski definition) is 3. The fourth-order valence-corrected chi connectivity index (χ4v) is 3.17. The van der Waals surface area contributed by atoms with Gasteiger partial charge in [0.05, 0.1) is 11.6 Å². The van der Waals surface area contributed by atoms with E-state index in [4.69, 9.17) is 5.26 Å². The second kappa shape index (κ2) is 7.29. The average molecular weight is 375 g/mol. The first-order valence-electron chi connectivity index (χ1n) is 7.79. The van der Waals surface area contributed by atoms with Gasteiger partial charge in [-0.1, -0.05) is 6.07 Å². The average Bonchev–Trinajstić information content (AvgIpc) is 2.95. The fraction of sp³-hybridized carbons (Fsp3) is 0.294. The van der Waals surface area contributed by atoms with E-state index in [2.05, 4.69) is 15.6 Å². The number of amides is 1. The predicted molar refractivity (Wildman–Crippen MR) is 97.7 cm³/mol. The molecule has 2 aromatic rings. The van der Waals surface area contributed by atoms with E-state index in [0.29, 0.717) is 11.3 Å². The van der Waals surface area contributed by atoms with E-state index in [9.17, 15) is 13.2 Å². The number of hydrogen-bond acceptors (Lipinski definition) is 5. The zero-order valence-corrected chi connectivity index (χ0v) is 15.8. The van der Waals surface area contributed by atoms with Crippen LogP contribution in [-0.4, -0.2) is 24.4 Å². The summed E-state index contributed by atoms with van der Waals surface area (Å²) in [6.07, 6.45) is 1.35. The SMILES string of the molecule is Cn1cc(S(=O)(=O)NNC(C)(C)C)cc1C(=O)Nc1cccc(C#N)c1. The van der Waals surface area contributed by atoms with Crippen molar-refractivity contribution in [2.75, 3.05) is 5.32 Å². The zero-order valence-electron chi connectivity index (χ0n) is 15.0. The van der Waals surface area contributed by atoms with Crippen molar-refractivity contribution in [3.05, 3.63) is 47.8 Å². The summed E-state index contributed by atoms with van der Waals surface area (Å²) in [5.41, 5.74) is 3.28. The summed E-state index contributed by atoms with van der Waals surface area (Å²) < 4.78 is 26.1. The van der Waals surface area contributed by atoms with Crippen molar-refractivity contribution in [3.63, 3.8) is 0 Å². The van der Waals surface area contributed by atoms with Crippen molar-refractivity contribution in [2.45, 2.75) is 31.2 Å². The molecular weight excluding hydrogens is 354 g/mol. The van der Waals surface area contributed by atoms with E-state index in [-0.39, 0.29) is 10.6 Å². The number of carbonyl (C=O) groups excluding carboxylic acids is 1. The van der Waals surface area contributed by atoms with Gasteiger partial charge in [-0.15, -0.1) is 4.83 Å². The van der Waals surface area contributed by atoms with Crippen molar-refractivity contribution in [1.82, 2.24) is 14.8 Å². The summed E-state index contributed by atoms with van der Waals surface area (Å²) in [6, 6.07) is 9.73. The van der Waals surface area contributed by atoms with Gasteiger partial charge in [-0.2, -0.15) is 5.26 Å². The summed E-state index contributed by atoms with van der Waals surface area (Å²) >= 11 is 0. The maximum atomic E-state index is 12.4. The lowest BCUT2D eigenvalue weighted by Crippen LogP contribution is -2.48. The Balaban J connectivity index is 2.21. The highest BCUT2D eigenvalue weighted by atomic mass is 32.2. The van der Waals surface area contributed by atoms with E-state index < -0.39 is 21.5 Å². The van der Waals surface area contributed by atoms with E-state index in [0.717, 1.165) is 0 Å². The molecule has 0 spiro atoms. The highest BCUT2D eigenvalue weighted by Crippen LogP contribution is 2.16. The Bertz CT molecular complexity index is 965. The van der Waals surface area contributed by atoms with Gasteiger partial charge in [-0.25, -0.2) is 13.8 Å². The third kappa shape index (κ3) is 4.92. The Morgan fingerprint density at radius 1 is 1.23 bits per heavy atom. The number of nitrogens with one attached hydrogen (secondary N) is 3. The van der Waals surface area contributed by atoms with Crippen LogP contribution in [0.5, 0.6) is 0 Å². The zero-order chi connectivity index (χ0) is 19.5. The normalized spacial score (nSPS) is 11.8. The van der Waals surface area contributed by atoms with Crippen molar-refractivity contribution in [3.8, 4) is 6.07 Å². The van der Waals surface area contributed by atoms with Crippen molar-refractivity contribution < 1.29 is 13.2 Å². The van der Waals surface area contributed by atoms with Crippen LogP contribution in [0, 0.1) is 11.3 Å². The molecule has 9 heteroatoms. The van der Waals surface area contributed by atoms with Gasteiger partial charge < -0.3 is 9.88 Å². The number of carbonyl (C=O) groups is 1. The van der Waals surface area contributed by atoms with E-state index in [1.165, 1.54) is 22.9 Å². The number of hydrazine groups is 1. The van der Waals surface area contributed by atoms with Crippen LogP contribution in [-0.2, 0) is 17.1 Å². The largest absolute Gasteiger partial charge is 0.345 e. The Morgan fingerprint density at radius 3 is 2.54 bits per heavy atom. The summed E-state index contributed by atoms with van der Waals surface area (Å²) in [6.45, 7) is 5.44. The summed E-state index contributed by atoms with van der Waals surface area (Å²) in [7, 11) is -2.24. The van der Waals surface area contributed by atoms with Gasteiger partial charge in [0.2, 0.25) is 0 Å². The Labute approximate surface area is 152 Å². The summed E-state index contributed by atoms with van der Waals surface area (Å²) in [5.74, 6) is -0.479. The van der Waals surface area contributed by atoms with Gasteiger partial charge >= 0.3 is 0 Å². The molecule has 0 saturated carbocycles. The van der Waals surface area contributed by atoms with Crippen LogP contribution >= 0.6 is 0 Å². The molecule has 1 heterocycles. The number of nitrogens with zero attached hydrogens (tertiary/aromatic N) is 2. The van der Waals surface area contributed by atoms with Gasteiger partial charge in [0.1, 0.15) is 10.6 Å². The molecule has 138 valence electrons. The number of rotatable bonds is 5. The quantitative estimate of drug-likeness (QED) is 0.688. The van der Waals surface area contributed by atoms with Gasteiger partial charge in [0, 0.05) is 24.5 Å². The molecule has 0 bridgehead atoms. The van der Waals surface area contributed by atoms with Crippen LogP contribution in [0.25, 0.3) is 0 Å². The highest BCUT2D eigenvalue weighted by Gasteiger charge is 2.22. The standard InChI is InChI=1S/C17H21N5O3S/c1-17(2,3)20-21-26(24,25)14-9-15(22(4)11-14)16(23)19-13-7-5-6-12(8-13)10-18/h5-9,11,20-21H,1-4H3,(H,19,23). The molecule has 0 atom stereocenters. The molecule has 0 fully saturated rings. The lowest BCUT2D eigenvalue weighted by molar-refractivity contribution is 0.101. The maximum absolute atomic E-state index is 12.4. The number of aryl methyl sites for hydroxylation is 1. The maximum Gasteiger partial charge on any atom is 0.272 e. The second-order valence-corrected chi connectivity index (χ2v) is 8.48. The monoisotopic (exact) mass is 375 g/mol. The van der Waals surface area contributed by atoms with E-state index in [1.54, 1.807) is 25.2 Å². The first-order chi connectivity index (χ1) is 12.0. The van der Waals surface area contributed by atoms with Crippen molar-refractivity contribution in [2.24, 2.45) is 7.05 Å². The molecule has 1 amide bonds. The van der Waals surface area contributed by atoms with E-state index >= 15 is 0 Å². The molecule has 1 aromatic carbocycles. The minimum absolute atomic E-state index is 0.0346. The van der Waals surface area contributed by atoms with Crippen LogP contribution in [0.3, 0.4) is 0 Å². The molecule has 8 nitrogen and oxygen atoms in total. The van der Waals surface area contributed by atoms with Gasteiger partial charge in [0.15, 0.2) is 0 Å². The number of benzene rings is 1. The summed E-state index contributed by atoms with van der Waals surface area (Å²) in [5, 5.41) is 11.6. The van der Waals surface area contributed by atoms with E-state index in [1.807, 2.05) is 26.8 Å². The predicted octanol–water partition coefficient (Wildman–Crippen LogP) is 1.73. The Kier molecular flexibility index (Phi) is 5.51. The van der Waals surface area contributed by atoms with Crippen molar-refractivity contribution >= 4 is 21.6 Å². The number of anilines is 1. The first-order valence-corrected chi connectivity index (χ1v) is 9.27. The summed E-state index contributed by atoms with van der Waals surface area (Å²) in [4.78, 5) is 14.7. The van der Waals surface area contributed by atoms with Crippen LogP contribution in [0.4, 0.5) is 5.69 Å². The molecule has 0 aliphatic heterocycles. The molecule has 0 aliphatic rings. The number of nitriles is 1. The van der Waals surface area contributed by atoms with Crippen LogP contribution in [0.15, 0.2) is 41.4 Å². The molecule has 1 aromatic heterocycles. The van der Waals surface area contributed by atoms with Crippen LogP contribution in [0.1, 0.15) is 36.8 Å². The lowest BCUT2D eigenvalue weighted by atomic mass is 10.1. The van der Waals surface area contributed by atoms with Gasteiger partial charge in [-0.3, -0.25) is 4.79 Å². The van der Waals surface area contributed by atoms with Gasteiger partial charge in [-0.05, 0) is 45.0 Å². The first kappa shape index (κ1) is 19.7. The minimum atomic E-state index is -3.82. The Morgan fingerprint density at radius 2 is 1.92 bits per heavy atom. The van der Waals surface area contributed by atoms with Gasteiger partial charge in [0.25, 0.3) is 15.9 Å². The van der Waals surface area contributed by atoms with Crippen LogP contribution < -0.4 is 15.6 Å². The topological polar surface area (TPSA) is 116 Å². The lowest BCUT2D eigenvalue weighted by Gasteiger charge is -2.20. The number of sulfonamides is 1. The molecule has 0 saturated heterocycles. The second-order valence-electron chi connectivity index (χ2n) is 6.80. The molecular formula is C17H21N5O3S. The van der Waals surface area contributed by atoms with Crippen molar-refractivity contribution in [1.29, 1.82) is 5.26 Å².